The Kier molecular flexibility index (Phi) is 7.36. The highest BCUT2D eigenvalue weighted by Crippen LogP contribution is 2.16. The molecule has 3 atom stereocenters. The summed E-state index contributed by atoms with van der Waals surface area (Å²) in [5.74, 6) is 0. The first-order valence-corrected chi connectivity index (χ1v) is 8.25. The molecule has 1 unspecified atom stereocenters. The van der Waals surface area contributed by atoms with Crippen LogP contribution in [0, 0.1) is 0 Å². The second kappa shape index (κ2) is 9.50. The molecule has 0 radical (unpaired) electrons. The number of rotatable bonds is 10. The maximum absolute atomic E-state index is 12.1. The van der Waals surface area contributed by atoms with Crippen molar-refractivity contribution in [3.8, 4) is 6.01 Å². The van der Waals surface area contributed by atoms with Gasteiger partial charge in [0.2, 0.25) is 6.29 Å². The van der Waals surface area contributed by atoms with E-state index in [2.05, 4.69) is 19.9 Å². The fourth-order valence-corrected chi connectivity index (χ4v) is 2.23. The lowest BCUT2D eigenvalue weighted by Gasteiger charge is -2.15. The molecule has 2 aromatic rings. The quantitative estimate of drug-likeness (QED) is 0.208. The maximum Gasteiger partial charge on any atom is 0.300 e. The molecule has 0 saturated heterocycles. The molecule has 0 spiro atoms. The molecule has 0 amide bonds. The van der Waals surface area contributed by atoms with Gasteiger partial charge in [-0.05, 0) is 19.4 Å². The molecule has 2 aromatic heterocycles. The number of unbranched alkanes of at least 4 members (excludes halogenated alkanes) is 2. The van der Waals surface area contributed by atoms with E-state index in [0.29, 0.717) is 19.4 Å². The molecular formula is C15H23N5O6. The summed E-state index contributed by atoms with van der Waals surface area (Å²) in [5.41, 5.74) is 4.41. The van der Waals surface area contributed by atoms with Gasteiger partial charge in [0.05, 0.1) is 18.5 Å². The molecule has 2 heterocycles. The van der Waals surface area contributed by atoms with Crippen LogP contribution >= 0.6 is 0 Å². The van der Waals surface area contributed by atoms with E-state index in [0.717, 1.165) is 19.0 Å². The van der Waals surface area contributed by atoms with E-state index in [1.807, 2.05) is 0 Å². The van der Waals surface area contributed by atoms with Gasteiger partial charge in [0.1, 0.15) is 12.2 Å². The number of fused-ring (bicyclic) bond motifs is 1. The third kappa shape index (κ3) is 5.16. The summed E-state index contributed by atoms with van der Waals surface area (Å²) in [6, 6.07) is -0.202. The lowest BCUT2D eigenvalue weighted by Crippen LogP contribution is -2.24. The largest absolute Gasteiger partial charge is 0.435 e. The van der Waals surface area contributed by atoms with Crippen molar-refractivity contribution in [3.05, 3.63) is 22.2 Å². The number of aliphatic hydroxyl groups is 4. The van der Waals surface area contributed by atoms with E-state index in [9.17, 15) is 20.1 Å². The lowest BCUT2D eigenvalue weighted by molar-refractivity contribution is -0.0309. The fraction of sp³-hybridized carbons (Fsp3) is 0.600. The molecule has 0 saturated carbocycles. The zero-order valence-corrected chi connectivity index (χ0v) is 14.1. The van der Waals surface area contributed by atoms with Gasteiger partial charge in [-0.15, -0.1) is 0 Å². The summed E-state index contributed by atoms with van der Waals surface area (Å²) < 4.78 is 5.18. The number of nitrogens with one attached hydrogen (secondary N) is 1. The minimum atomic E-state index is -1.50. The van der Waals surface area contributed by atoms with Crippen molar-refractivity contribution < 1.29 is 25.2 Å². The minimum absolute atomic E-state index is 0.0477. The molecule has 7 N–H and O–H groups in total. The molecule has 0 bridgehead atoms. The first-order chi connectivity index (χ1) is 12.5. The van der Waals surface area contributed by atoms with Crippen molar-refractivity contribution in [2.45, 2.75) is 44.2 Å². The number of H-pyrrole nitrogens is 1. The van der Waals surface area contributed by atoms with Crippen LogP contribution in [0.2, 0.25) is 0 Å². The Labute approximate surface area is 148 Å². The number of nitrogens with two attached hydrogens (primary N) is 1. The van der Waals surface area contributed by atoms with Gasteiger partial charge in [-0.2, -0.15) is 4.98 Å². The van der Waals surface area contributed by atoms with Gasteiger partial charge in [-0.3, -0.25) is 9.78 Å². The standard InChI is InChI=1S/C15H23N5O6/c16-5-3-1-2-4-10(23)26-15-19-13-11(14(25)20-15)18-8(6-17-13)12(24)9(22)7-21/h6,9-10,12,21-24H,1-5,7,16H2,(H,17,19,20,25)/t9-,10?,12+/m1/s1. The van der Waals surface area contributed by atoms with Gasteiger partial charge in [-0.1, -0.05) is 6.42 Å². The van der Waals surface area contributed by atoms with Gasteiger partial charge < -0.3 is 30.9 Å². The molecule has 0 aliphatic heterocycles. The molecule has 11 nitrogen and oxygen atoms in total. The van der Waals surface area contributed by atoms with Crippen LogP contribution in [0.15, 0.2) is 11.0 Å². The van der Waals surface area contributed by atoms with Gasteiger partial charge in [0.15, 0.2) is 11.2 Å². The van der Waals surface area contributed by atoms with Crippen LogP contribution in [0.25, 0.3) is 11.2 Å². The summed E-state index contributed by atoms with van der Waals surface area (Å²) in [6.45, 7) is -0.0906. The van der Waals surface area contributed by atoms with Crippen LogP contribution in [0.3, 0.4) is 0 Å². The minimum Gasteiger partial charge on any atom is -0.435 e. The molecule has 0 aromatic carbocycles. The van der Waals surface area contributed by atoms with Crippen LogP contribution in [0.1, 0.15) is 37.5 Å². The van der Waals surface area contributed by atoms with Gasteiger partial charge >= 0.3 is 6.01 Å². The van der Waals surface area contributed by atoms with E-state index in [1.54, 1.807) is 0 Å². The Hall–Kier alpha value is -2.18. The molecule has 0 aliphatic carbocycles. The Bertz CT molecular complexity index is 770. The van der Waals surface area contributed by atoms with Crippen molar-refractivity contribution >= 4 is 11.2 Å². The normalized spacial score (nSPS) is 15.0. The van der Waals surface area contributed by atoms with Crippen molar-refractivity contribution in [1.82, 2.24) is 19.9 Å². The number of nitrogens with zero attached hydrogens (tertiary/aromatic N) is 3. The number of aromatic amines is 1. The summed E-state index contributed by atoms with van der Waals surface area (Å²) >= 11 is 0. The Morgan fingerprint density at radius 1 is 1.19 bits per heavy atom. The summed E-state index contributed by atoms with van der Waals surface area (Å²) in [4.78, 5) is 26.2. The van der Waals surface area contributed by atoms with Crippen LogP contribution < -0.4 is 16.0 Å². The summed E-state index contributed by atoms with van der Waals surface area (Å²) in [5, 5.41) is 38.0. The van der Waals surface area contributed by atoms with Crippen molar-refractivity contribution in [2.24, 2.45) is 5.73 Å². The van der Waals surface area contributed by atoms with E-state index in [4.69, 9.17) is 15.6 Å². The first kappa shape index (κ1) is 20.1. The van der Waals surface area contributed by atoms with E-state index < -0.39 is 30.7 Å². The number of hydrogen-bond donors (Lipinski definition) is 6. The summed E-state index contributed by atoms with van der Waals surface area (Å²) in [6.07, 6.45) is -0.176. The average molecular weight is 369 g/mol. The predicted molar refractivity (Wildman–Crippen MR) is 90.2 cm³/mol. The lowest BCUT2D eigenvalue weighted by atomic mass is 10.1. The highest BCUT2D eigenvalue weighted by atomic mass is 16.6. The average Bonchev–Trinajstić information content (AvgIpc) is 2.63. The first-order valence-electron chi connectivity index (χ1n) is 8.25. The fourth-order valence-electron chi connectivity index (χ4n) is 2.23. The topological polar surface area (TPSA) is 188 Å². The number of aliphatic hydroxyl groups excluding tert-OH is 4. The monoisotopic (exact) mass is 369 g/mol. The van der Waals surface area contributed by atoms with Crippen molar-refractivity contribution in [2.75, 3.05) is 13.2 Å². The third-order valence-corrected chi connectivity index (χ3v) is 3.67. The SMILES string of the molecule is NCCCCCC(O)Oc1nc2ncc([C@H](O)[C@H](O)CO)nc2c(=O)[nH]1. The van der Waals surface area contributed by atoms with E-state index in [-0.39, 0.29) is 22.9 Å². The number of aromatic nitrogens is 4. The van der Waals surface area contributed by atoms with E-state index in [1.165, 1.54) is 0 Å². The Morgan fingerprint density at radius 3 is 2.65 bits per heavy atom. The molecule has 2 rings (SSSR count). The highest BCUT2D eigenvalue weighted by Gasteiger charge is 2.21. The predicted octanol–water partition coefficient (Wildman–Crippen LogP) is -1.68. The van der Waals surface area contributed by atoms with Crippen molar-refractivity contribution in [3.63, 3.8) is 0 Å². The molecule has 11 heteroatoms. The van der Waals surface area contributed by atoms with Crippen molar-refractivity contribution in [1.29, 1.82) is 0 Å². The molecule has 0 fully saturated rings. The Balaban J connectivity index is 2.14. The molecule has 26 heavy (non-hydrogen) atoms. The Morgan fingerprint density at radius 2 is 1.96 bits per heavy atom. The van der Waals surface area contributed by atoms with E-state index >= 15 is 0 Å². The number of ether oxygens (including phenoxy) is 1. The zero-order chi connectivity index (χ0) is 19.1. The third-order valence-electron chi connectivity index (χ3n) is 3.67. The zero-order valence-electron chi connectivity index (χ0n) is 14.1. The smallest absolute Gasteiger partial charge is 0.300 e. The second-order valence-electron chi connectivity index (χ2n) is 5.74. The molecular weight excluding hydrogens is 346 g/mol. The maximum atomic E-state index is 12.1. The van der Waals surface area contributed by atoms with Gasteiger partial charge in [0.25, 0.3) is 5.56 Å². The van der Waals surface area contributed by atoms with Crippen LogP contribution in [-0.2, 0) is 0 Å². The van der Waals surface area contributed by atoms with Crippen LogP contribution in [0.5, 0.6) is 6.01 Å². The second-order valence-corrected chi connectivity index (χ2v) is 5.74. The highest BCUT2D eigenvalue weighted by molar-refractivity contribution is 5.68. The molecule has 0 aliphatic rings. The summed E-state index contributed by atoms with van der Waals surface area (Å²) in [7, 11) is 0. The van der Waals surface area contributed by atoms with Crippen LogP contribution in [0.4, 0.5) is 0 Å². The van der Waals surface area contributed by atoms with Gasteiger partial charge in [0, 0.05) is 6.42 Å². The van der Waals surface area contributed by atoms with Crippen LogP contribution in [-0.4, -0.2) is 65.9 Å². The van der Waals surface area contributed by atoms with Gasteiger partial charge in [-0.25, -0.2) is 9.97 Å². The number of hydrogen-bond acceptors (Lipinski definition) is 10. The molecule has 144 valence electrons.